The average Bonchev–Trinajstić information content (AvgIpc) is 2.71. The molecule has 1 aromatic rings. The molecule has 0 saturated carbocycles. The van der Waals surface area contributed by atoms with Crippen LogP contribution in [-0.4, -0.2) is 13.7 Å². The second kappa shape index (κ2) is 4.62. The highest BCUT2D eigenvalue weighted by atomic mass is 79.9. The van der Waals surface area contributed by atoms with Crippen molar-refractivity contribution in [2.75, 3.05) is 13.7 Å². The monoisotopic (exact) mass is 297 g/mol. The first kappa shape index (κ1) is 12.9. The summed E-state index contributed by atoms with van der Waals surface area (Å²) in [7, 11) is 1.75. The molecule has 3 heteroatoms. The second-order valence-corrected chi connectivity index (χ2v) is 5.93. The quantitative estimate of drug-likeness (QED) is 0.899. The summed E-state index contributed by atoms with van der Waals surface area (Å²) >= 11 is 3.61. The van der Waals surface area contributed by atoms with Gasteiger partial charge in [0.1, 0.15) is 5.75 Å². The standard InChI is InChI=1S/C14H20BrNO/c1-9-8-11(15)13(17-4)12(10(9)2)14(3)6-5-7-16-14/h8,16H,5-7H2,1-4H3. The van der Waals surface area contributed by atoms with Gasteiger partial charge in [0.2, 0.25) is 0 Å². The molecule has 1 atom stereocenters. The van der Waals surface area contributed by atoms with Gasteiger partial charge in [-0.15, -0.1) is 0 Å². The van der Waals surface area contributed by atoms with Crippen LogP contribution in [0.15, 0.2) is 10.5 Å². The number of nitrogens with one attached hydrogen (secondary N) is 1. The molecule has 17 heavy (non-hydrogen) atoms. The molecule has 0 amide bonds. The van der Waals surface area contributed by atoms with Crippen molar-refractivity contribution in [1.29, 1.82) is 0 Å². The van der Waals surface area contributed by atoms with Crippen LogP contribution in [0.1, 0.15) is 36.5 Å². The zero-order valence-electron chi connectivity index (χ0n) is 11.0. The van der Waals surface area contributed by atoms with Gasteiger partial charge in [-0.05, 0) is 73.3 Å². The summed E-state index contributed by atoms with van der Waals surface area (Å²) < 4.78 is 6.65. The lowest BCUT2D eigenvalue weighted by atomic mass is 9.85. The number of hydrogen-bond acceptors (Lipinski definition) is 2. The maximum atomic E-state index is 5.60. The van der Waals surface area contributed by atoms with E-state index < -0.39 is 0 Å². The van der Waals surface area contributed by atoms with E-state index in [1.165, 1.54) is 29.5 Å². The SMILES string of the molecule is COc1c(Br)cc(C)c(C)c1C1(C)CCCN1. The predicted octanol–water partition coefficient (Wildman–Crippen LogP) is 3.67. The van der Waals surface area contributed by atoms with Crippen LogP contribution in [0.25, 0.3) is 0 Å². The average molecular weight is 298 g/mol. The van der Waals surface area contributed by atoms with E-state index in [2.05, 4.69) is 48.1 Å². The van der Waals surface area contributed by atoms with Crippen molar-refractivity contribution < 1.29 is 4.74 Å². The molecule has 94 valence electrons. The molecule has 2 rings (SSSR count). The topological polar surface area (TPSA) is 21.3 Å². The number of methoxy groups -OCH3 is 1. The Hall–Kier alpha value is -0.540. The van der Waals surface area contributed by atoms with Crippen molar-refractivity contribution >= 4 is 15.9 Å². The van der Waals surface area contributed by atoms with Gasteiger partial charge < -0.3 is 10.1 Å². The van der Waals surface area contributed by atoms with Gasteiger partial charge in [0.15, 0.2) is 0 Å². The van der Waals surface area contributed by atoms with Gasteiger partial charge in [-0.3, -0.25) is 0 Å². The second-order valence-electron chi connectivity index (χ2n) is 5.07. The maximum absolute atomic E-state index is 5.60. The molecule has 1 fully saturated rings. The molecule has 1 heterocycles. The fourth-order valence-corrected chi connectivity index (χ4v) is 3.53. The highest BCUT2D eigenvalue weighted by Gasteiger charge is 2.35. The Balaban J connectivity index is 2.65. The molecular weight excluding hydrogens is 278 g/mol. The van der Waals surface area contributed by atoms with Crippen molar-refractivity contribution in [3.8, 4) is 5.75 Å². The molecular formula is C14H20BrNO. The number of aryl methyl sites for hydroxylation is 1. The third-order valence-corrected chi connectivity index (χ3v) is 4.47. The summed E-state index contributed by atoms with van der Waals surface area (Å²) in [4.78, 5) is 0. The minimum Gasteiger partial charge on any atom is -0.495 e. The fourth-order valence-electron chi connectivity index (χ4n) is 2.82. The van der Waals surface area contributed by atoms with Crippen molar-refractivity contribution in [1.82, 2.24) is 5.32 Å². The number of rotatable bonds is 2. The molecule has 0 radical (unpaired) electrons. The minimum atomic E-state index is 0.0456. The van der Waals surface area contributed by atoms with E-state index in [0.29, 0.717) is 0 Å². The highest BCUT2D eigenvalue weighted by molar-refractivity contribution is 9.10. The van der Waals surface area contributed by atoms with Gasteiger partial charge in [-0.2, -0.15) is 0 Å². The number of hydrogen-bond donors (Lipinski definition) is 1. The van der Waals surface area contributed by atoms with E-state index in [1.54, 1.807) is 7.11 Å². The van der Waals surface area contributed by atoms with Crippen LogP contribution in [0, 0.1) is 13.8 Å². The van der Waals surface area contributed by atoms with Crippen molar-refractivity contribution in [3.05, 3.63) is 27.2 Å². The normalized spacial score (nSPS) is 24.1. The van der Waals surface area contributed by atoms with E-state index in [0.717, 1.165) is 16.8 Å². The summed E-state index contributed by atoms with van der Waals surface area (Å²) in [5.41, 5.74) is 4.00. The zero-order valence-corrected chi connectivity index (χ0v) is 12.6. The molecule has 1 aromatic carbocycles. The van der Waals surface area contributed by atoms with Crippen LogP contribution >= 0.6 is 15.9 Å². The van der Waals surface area contributed by atoms with Crippen molar-refractivity contribution in [2.45, 2.75) is 39.2 Å². The largest absolute Gasteiger partial charge is 0.495 e. The Kier molecular flexibility index (Phi) is 3.50. The molecule has 1 saturated heterocycles. The van der Waals surface area contributed by atoms with E-state index in [4.69, 9.17) is 4.74 Å². The minimum absolute atomic E-state index is 0.0456. The molecule has 2 nitrogen and oxygen atoms in total. The van der Waals surface area contributed by atoms with Gasteiger partial charge in [0.05, 0.1) is 11.6 Å². The lowest BCUT2D eigenvalue weighted by Gasteiger charge is -2.30. The van der Waals surface area contributed by atoms with Crippen LogP contribution in [-0.2, 0) is 5.54 Å². The first-order valence-electron chi connectivity index (χ1n) is 6.09. The number of ether oxygens (including phenoxy) is 1. The van der Waals surface area contributed by atoms with Crippen LogP contribution in [0.2, 0.25) is 0 Å². The summed E-state index contributed by atoms with van der Waals surface area (Å²) in [6, 6.07) is 2.13. The van der Waals surface area contributed by atoms with Gasteiger partial charge in [0, 0.05) is 11.1 Å². The van der Waals surface area contributed by atoms with Gasteiger partial charge in [0.25, 0.3) is 0 Å². The summed E-state index contributed by atoms with van der Waals surface area (Å²) in [6.45, 7) is 7.70. The van der Waals surface area contributed by atoms with Gasteiger partial charge in [-0.25, -0.2) is 0 Å². The van der Waals surface area contributed by atoms with Crippen LogP contribution in [0.4, 0.5) is 0 Å². The number of benzene rings is 1. The Morgan fingerprint density at radius 2 is 2.12 bits per heavy atom. The van der Waals surface area contributed by atoms with E-state index in [9.17, 15) is 0 Å². The summed E-state index contributed by atoms with van der Waals surface area (Å²) in [6.07, 6.45) is 2.39. The zero-order chi connectivity index (χ0) is 12.6. The Morgan fingerprint density at radius 1 is 1.41 bits per heavy atom. The Labute approximate surface area is 112 Å². The first-order valence-corrected chi connectivity index (χ1v) is 6.88. The molecule has 1 aliphatic rings. The summed E-state index contributed by atoms with van der Waals surface area (Å²) in [5.74, 6) is 0.977. The third-order valence-electron chi connectivity index (χ3n) is 3.88. The van der Waals surface area contributed by atoms with Crippen molar-refractivity contribution in [2.24, 2.45) is 0 Å². The fraction of sp³-hybridized carbons (Fsp3) is 0.571. The molecule has 1 aliphatic heterocycles. The molecule has 1 N–H and O–H groups in total. The van der Waals surface area contributed by atoms with E-state index in [1.807, 2.05) is 0 Å². The van der Waals surface area contributed by atoms with Crippen LogP contribution in [0.3, 0.4) is 0 Å². The van der Waals surface area contributed by atoms with Crippen molar-refractivity contribution in [3.63, 3.8) is 0 Å². The summed E-state index contributed by atoms with van der Waals surface area (Å²) in [5, 5.41) is 3.62. The Bertz CT molecular complexity index is 436. The van der Waals surface area contributed by atoms with E-state index >= 15 is 0 Å². The van der Waals surface area contributed by atoms with Crippen LogP contribution in [0.5, 0.6) is 5.75 Å². The molecule has 0 aromatic heterocycles. The van der Waals surface area contributed by atoms with Gasteiger partial charge >= 0.3 is 0 Å². The predicted molar refractivity (Wildman–Crippen MR) is 74.8 cm³/mol. The maximum Gasteiger partial charge on any atom is 0.138 e. The third kappa shape index (κ3) is 2.11. The highest BCUT2D eigenvalue weighted by Crippen LogP contribution is 2.43. The molecule has 0 spiro atoms. The molecule has 1 unspecified atom stereocenters. The van der Waals surface area contributed by atoms with Crippen LogP contribution < -0.4 is 10.1 Å². The lowest BCUT2D eigenvalue weighted by molar-refractivity contribution is 0.367. The van der Waals surface area contributed by atoms with E-state index in [-0.39, 0.29) is 5.54 Å². The number of halogens is 1. The smallest absolute Gasteiger partial charge is 0.138 e. The molecule has 0 aliphatic carbocycles. The Morgan fingerprint density at radius 3 is 2.65 bits per heavy atom. The first-order chi connectivity index (χ1) is 7.99. The molecule has 0 bridgehead atoms. The lowest BCUT2D eigenvalue weighted by Crippen LogP contribution is -2.34. The van der Waals surface area contributed by atoms with Gasteiger partial charge in [-0.1, -0.05) is 0 Å².